The highest BCUT2D eigenvalue weighted by Crippen LogP contribution is 2.42. The van der Waals surface area contributed by atoms with Gasteiger partial charge in [0.05, 0.1) is 16.4 Å². The van der Waals surface area contributed by atoms with E-state index in [4.69, 9.17) is 4.42 Å². The zero-order valence-corrected chi connectivity index (χ0v) is 30.1. The van der Waals surface area contributed by atoms with Gasteiger partial charge in [0.2, 0.25) is 0 Å². The molecule has 0 aliphatic rings. The number of aromatic nitrogens is 1. The third-order valence-corrected chi connectivity index (χ3v) is 10.6. The number of allylic oxidation sites excluding steroid dienone is 4. The van der Waals surface area contributed by atoms with Crippen molar-refractivity contribution in [1.29, 1.82) is 0 Å². The summed E-state index contributed by atoms with van der Waals surface area (Å²) in [4.78, 5) is 0. The lowest BCUT2D eigenvalue weighted by molar-refractivity contribution is 0.673. The number of nitrogens with one attached hydrogen (secondary N) is 1. The maximum absolute atomic E-state index is 6.72. The molecule has 0 aliphatic carbocycles. The van der Waals surface area contributed by atoms with Crippen molar-refractivity contribution in [3.63, 3.8) is 0 Å². The number of hydrogen-bond acceptors (Lipinski definition) is 2. The van der Waals surface area contributed by atoms with Gasteiger partial charge in [-0.2, -0.15) is 0 Å². The Morgan fingerprint density at radius 1 is 0.545 bits per heavy atom. The molecule has 0 unspecified atom stereocenters. The Labute approximate surface area is 319 Å². The molecule has 260 valence electrons. The van der Waals surface area contributed by atoms with Crippen molar-refractivity contribution in [2.75, 3.05) is 5.32 Å². The lowest BCUT2D eigenvalue weighted by Gasteiger charge is -2.11. The van der Waals surface area contributed by atoms with Crippen LogP contribution in [0.15, 0.2) is 211 Å². The molecule has 0 atom stereocenters. The molecule has 0 aliphatic heterocycles. The predicted octanol–water partition coefficient (Wildman–Crippen LogP) is 14.2. The van der Waals surface area contributed by atoms with Crippen molar-refractivity contribution in [3.8, 4) is 16.8 Å². The van der Waals surface area contributed by atoms with E-state index >= 15 is 0 Å². The Hall–Kier alpha value is -7.36. The maximum Gasteiger partial charge on any atom is 0.145 e. The van der Waals surface area contributed by atoms with Crippen LogP contribution in [-0.4, -0.2) is 4.57 Å². The zero-order valence-electron chi connectivity index (χ0n) is 30.1. The molecular weight excluding hydrogens is 669 g/mol. The van der Waals surface area contributed by atoms with Gasteiger partial charge in [-0.3, -0.25) is 0 Å². The normalized spacial score (nSPS) is 12.1. The molecule has 1 N–H and O–H groups in total. The van der Waals surface area contributed by atoms with Gasteiger partial charge in [-0.1, -0.05) is 140 Å². The molecule has 2 heterocycles. The second-order valence-corrected chi connectivity index (χ2v) is 13.9. The average Bonchev–Trinajstić information content (AvgIpc) is 3.79. The van der Waals surface area contributed by atoms with Gasteiger partial charge in [0.15, 0.2) is 0 Å². The summed E-state index contributed by atoms with van der Waals surface area (Å²) in [7, 11) is 0. The number of anilines is 1. The number of hydrogen-bond donors (Lipinski definition) is 1. The Bertz CT molecular complexity index is 3120. The van der Waals surface area contributed by atoms with Gasteiger partial charge in [0.25, 0.3) is 0 Å². The molecule has 3 nitrogen and oxygen atoms in total. The van der Waals surface area contributed by atoms with E-state index in [1.165, 1.54) is 21.9 Å². The number of para-hydroxylation sites is 1. The highest BCUT2D eigenvalue weighted by Gasteiger charge is 2.20. The second-order valence-electron chi connectivity index (χ2n) is 13.9. The van der Waals surface area contributed by atoms with Crippen molar-refractivity contribution in [3.05, 3.63) is 218 Å². The van der Waals surface area contributed by atoms with E-state index < -0.39 is 0 Å². The fourth-order valence-electron chi connectivity index (χ4n) is 7.92. The Morgan fingerprint density at radius 3 is 2.13 bits per heavy atom. The van der Waals surface area contributed by atoms with Gasteiger partial charge in [0, 0.05) is 39.1 Å². The summed E-state index contributed by atoms with van der Waals surface area (Å²) < 4.78 is 9.09. The fraction of sp³-hybridized carbons (Fsp3) is 0. The molecule has 8 aromatic carbocycles. The third kappa shape index (κ3) is 5.80. The Kier molecular flexibility index (Phi) is 7.96. The van der Waals surface area contributed by atoms with Gasteiger partial charge in [-0.25, -0.2) is 0 Å². The van der Waals surface area contributed by atoms with E-state index in [1.807, 2.05) is 18.3 Å². The molecule has 0 amide bonds. The van der Waals surface area contributed by atoms with E-state index in [0.29, 0.717) is 0 Å². The van der Waals surface area contributed by atoms with Gasteiger partial charge < -0.3 is 14.3 Å². The number of fused-ring (bicyclic) bond motifs is 8. The lowest BCUT2D eigenvalue weighted by atomic mass is 9.98. The van der Waals surface area contributed by atoms with Crippen LogP contribution in [0.5, 0.6) is 0 Å². The summed E-state index contributed by atoms with van der Waals surface area (Å²) in [5.74, 6) is 0. The summed E-state index contributed by atoms with van der Waals surface area (Å²) in [6.07, 6.45) is 6.36. The van der Waals surface area contributed by atoms with Gasteiger partial charge >= 0.3 is 0 Å². The first-order chi connectivity index (χ1) is 27.2. The quantitative estimate of drug-likeness (QED) is 0.160. The number of nitrogens with zero attached hydrogens (tertiary/aromatic N) is 1. The summed E-state index contributed by atoms with van der Waals surface area (Å²) in [5.41, 5.74) is 12.6. The van der Waals surface area contributed by atoms with E-state index in [2.05, 4.69) is 198 Å². The standard InChI is InChI=1S/C52H36N2O/c1-35(36-14-4-2-5-15-36)32-41(30-31-53-47-24-13-19-38-18-8-9-22-43(38)47)40-26-28-48-46(34-40)51-49(29-27-45-44-23-10-11-25-50(44)55-52(45)51)54(48)42-21-12-20-39(33-42)37-16-6-3-7-17-37/h2-34,53H,1H2/b31-30-,41-32+. The lowest BCUT2D eigenvalue weighted by Crippen LogP contribution is -1.94. The van der Waals surface area contributed by atoms with Crippen LogP contribution < -0.4 is 5.32 Å². The minimum Gasteiger partial charge on any atom is -0.455 e. The summed E-state index contributed by atoms with van der Waals surface area (Å²) in [6, 6.07) is 64.0. The van der Waals surface area contributed by atoms with E-state index in [-0.39, 0.29) is 0 Å². The van der Waals surface area contributed by atoms with Gasteiger partial charge in [-0.15, -0.1) is 0 Å². The van der Waals surface area contributed by atoms with Crippen LogP contribution in [0.2, 0.25) is 0 Å². The van der Waals surface area contributed by atoms with Crippen LogP contribution in [0.25, 0.3) is 82.5 Å². The van der Waals surface area contributed by atoms with Crippen molar-refractivity contribution in [2.24, 2.45) is 0 Å². The van der Waals surface area contributed by atoms with E-state index in [1.54, 1.807) is 0 Å². The molecule has 0 spiro atoms. The smallest absolute Gasteiger partial charge is 0.145 e. The number of benzene rings is 8. The molecule has 0 bridgehead atoms. The largest absolute Gasteiger partial charge is 0.455 e. The zero-order chi connectivity index (χ0) is 36.7. The van der Waals surface area contributed by atoms with Crippen LogP contribution >= 0.6 is 0 Å². The van der Waals surface area contributed by atoms with Gasteiger partial charge in [-0.05, 0) is 99.5 Å². The molecule has 3 heteroatoms. The monoisotopic (exact) mass is 704 g/mol. The first-order valence-corrected chi connectivity index (χ1v) is 18.6. The fourth-order valence-corrected chi connectivity index (χ4v) is 7.92. The van der Waals surface area contributed by atoms with Crippen LogP contribution in [0, 0.1) is 0 Å². The SMILES string of the molecule is C=C(/C=C(\C=C/Nc1cccc2ccccc12)c1ccc2c(c1)c1c3oc4ccccc4c3ccc1n2-c1cccc(-c2ccccc2)c1)c1ccccc1. The van der Waals surface area contributed by atoms with Gasteiger partial charge in [0.1, 0.15) is 11.2 Å². The molecule has 55 heavy (non-hydrogen) atoms. The van der Waals surface area contributed by atoms with E-state index in [9.17, 15) is 0 Å². The molecule has 0 radical (unpaired) electrons. The number of rotatable bonds is 8. The number of furan rings is 1. The predicted molar refractivity (Wildman–Crippen MR) is 234 cm³/mol. The third-order valence-electron chi connectivity index (χ3n) is 10.6. The summed E-state index contributed by atoms with van der Waals surface area (Å²) in [5, 5.41) is 10.4. The molecular formula is C52H36N2O. The van der Waals surface area contributed by atoms with Crippen LogP contribution in [-0.2, 0) is 0 Å². The maximum atomic E-state index is 6.72. The molecule has 10 rings (SSSR count). The average molecular weight is 705 g/mol. The van der Waals surface area contributed by atoms with Crippen molar-refractivity contribution in [2.45, 2.75) is 0 Å². The van der Waals surface area contributed by atoms with Crippen LogP contribution in [0.1, 0.15) is 11.1 Å². The van der Waals surface area contributed by atoms with Crippen LogP contribution in [0.4, 0.5) is 5.69 Å². The first kappa shape index (κ1) is 32.3. The van der Waals surface area contributed by atoms with Crippen molar-refractivity contribution < 1.29 is 4.42 Å². The highest BCUT2D eigenvalue weighted by molar-refractivity contribution is 6.24. The molecule has 2 aromatic heterocycles. The molecule has 0 saturated carbocycles. The minimum absolute atomic E-state index is 0.885. The van der Waals surface area contributed by atoms with Crippen LogP contribution in [0.3, 0.4) is 0 Å². The molecule has 0 fully saturated rings. The van der Waals surface area contributed by atoms with Crippen molar-refractivity contribution >= 4 is 71.4 Å². The highest BCUT2D eigenvalue weighted by atomic mass is 16.3. The van der Waals surface area contributed by atoms with Crippen molar-refractivity contribution in [1.82, 2.24) is 4.57 Å². The Balaban J connectivity index is 1.18. The summed E-state index contributed by atoms with van der Waals surface area (Å²) >= 11 is 0. The second kappa shape index (κ2) is 13.6. The topological polar surface area (TPSA) is 30.1 Å². The molecule has 10 aromatic rings. The van der Waals surface area contributed by atoms with E-state index in [0.717, 1.165) is 77.4 Å². The molecule has 0 saturated heterocycles. The minimum atomic E-state index is 0.885. The first-order valence-electron chi connectivity index (χ1n) is 18.6. The summed E-state index contributed by atoms with van der Waals surface area (Å²) in [6.45, 7) is 4.50. The Morgan fingerprint density at radius 2 is 1.25 bits per heavy atom.